The summed E-state index contributed by atoms with van der Waals surface area (Å²) in [5, 5.41) is 13.1. The third-order valence-corrected chi connectivity index (χ3v) is 3.41. The average Bonchev–Trinajstić information content (AvgIpc) is 2.65. The van der Waals surface area contributed by atoms with E-state index in [9.17, 15) is 5.11 Å². The van der Waals surface area contributed by atoms with Gasteiger partial charge in [-0.25, -0.2) is 0 Å². The Hall–Kier alpha value is -0.270. The van der Waals surface area contributed by atoms with Crippen molar-refractivity contribution in [2.75, 3.05) is 26.4 Å². The topological polar surface area (TPSA) is 58.5 Å². The first-order chi connectivity index (χ1) is 7.31. The van der Waals surface area contributed by atoms with E-state index in [0.717, 1.165) is 12.2 Å². The van der Waals surface area contributed by atoms with Crippen molar-refractivity contribution >= 4 is 23.1 Å². The lowest BCUT2D eigenvalue weighted by Gasteiger charge is -2.33. The van der Waals surface area contributed by atoms with Crippen molar-refractivity contribution in [1.29, 1.82) is 0 Å². The number of hydrogen-bond donors (Lipinski definition) is 1. The van der Waals surface area contributed by atoms with Crippen molar-refractivity contribution in [3.63, 3.8) is 0 Å². The number of ether oxygens (including phenoxy) is 1. The monoisotopic (exact) mass is 249 g/mol. The molecule has 1 unspecified atom stereocenters. The van der Waals surface area contributed by atoms with Crippen molar-refractivity contribution in [1.82, 2.24) is 14.5 Å². The van der Waals surface area contributed by atoms with E-state index >= 15 is 0 Å². The zero-order valence-corrected chi connectivity index (χ0v) is 9.67. The minimum absolute atomic E-state index is 0.0384. The highest BCUT2D eigenvalue weighted by Gasteiger charge is 2.23. The molecule has 7 heteroatoms. The second-order valence-corrected chi connectivity index (χ2v) is 4.73. The van der Waals surface area contributed by atoms with Crippen LogP contribution in [0, 0.1) is 0 Å². The Labute approximate surface area is 96.8 Å². The molecule has 0 aliphatic carbocycles. The maximum absolute atomic E-state index is 9.17. The van der Waals surface area contributed by atoms with Crippen LogP contribution in [0.15, 0.2) is 0 Å². The summed E-state index contributed by atoms with van der Waals surface area (Å²) < 4.78 is 9.69. The van der Waals surface area contributed by atoms with Gasteiger partial charge in [-0.05, 0) is 0 Å². The molecule has 1 fully saturated rings. The highest BCUT2D eigenvalue weighted by atomic mass is 35.5. The van der Waals surface area contributed by atoms with Crippen molar-refractivity contribution in [2.24, 2.45) is 0 Å². The van der Waals surface area contributed by atoms with Gasteiger partial charge in [0.1, 0.15) is 10.0 Å². The molecule has 84 valence electrons. The van der Waals surface area contributed by atoms with Gasteiger partial charge in [0.15, 0.2) is 0 Å². The maximum Gasteiger partial charge on any atom is 0.138 e. The fraction of sp³-hybridized carbons (Fsp3) is 0.750. The van der Waals surface area contributed by atoms with Crippen LogP contribution in [0.25, 0.3) is 0 Å². The van der Waals surface area contributed by atoms with Gasteiger partial charge < -0.3 is 9.84 Å². The number of aliphatic hydroxyl groups is 1. The van der Waals surface area contributed by atoms with Gasteiger partial charge in [-0.15, -0.1) is 5.10 Å². The minimum Gasteiger partial charge on any atom is -0.395 e. The summed E-state index contributed by atoms with van der Waals surface area (Å²) in [5.41, 5.74) is 0.780. The molecule has 1 aromatic heterocycles. The van der Waals surface area contributed by atoms with Crippen LogP contribution in [-0.2, 0) is 11.3 Å². The number of aliphatic hydroxyl groups excluding tert-OH is 1. The molecule has 0 aromatic carbocycles. The summed E-state index contributed by atoms with van der Waals surface area (Å²) in [5.74, 6) is 0. The molecular formula is C8H12ClN3O2S. The molecule has 0 spiro atoms. The first-order valence-electron chi connectivity index (χ1n) is 4.70. The molecule has 2 heterocycles. The molecule has 1 aromatic rings. The molecule has 1 aliphatic heterocycles. The van der Waals surface area contributed by atoms with Gasteiger partial charge in [-0.1, -0.05) is 16.1 Å². The molecule has 1 saturated heterocycles. The lowest BCUT2D eigenvalue weighted by molar-refractivity contribution is -0.0317. The number of nitrogens with zero attached hydrogens (tertiary/aromatic N) is 3. The summed E-state index contributed by atoms with van der Waals surface area (Å²) in [4.78, 5) is 2.12. The first kappa shape index (κ1) is 11.2. The van der Waals surface area contributed by atoms with Gasteiger partial charge >= 0.3 is 0 Å². The van der Waals surface area contributed by atoms with Gasteiger partial charge in [0.25, 0.3) is 0 Å². The van der Waals surface area contributed by atoms with E-state index < -0.39 is 0 Å². The van der Waals surface area contributed by atoms with Crippen LogP contribution >= 0.6 is 23.1 Å². The van der Waals surface area contributed by atoms with Crippen LogP contribution in [0.3, 0.4) is 0 Å². The Morgan fingerprint density at radius 1 is 1.67 bits per heavy atom. The van der Waals surface area contributed by atoms with Crippen molar-refractivity contribution in [3.8, 4) is 0 Å². The summed E-state index contributed by atoms with van der Waals surface area (Å²) >= 11 is 7.11. The summed E-state index contributed by atoms with van der Waals surface area (Å²) in [6, 6.07) is 0.0384. The zero-order chi connectivity index (χ0) is 10.7. The molecule has 1 N–H and O–H groups in total. The summed E-state index contributed by atoms with van der Waals surface area (Å²) in [7, 11) is 0. The van der Waals surface area contributed by atoms with Gasteiger partial charge in [0, 0.05) is 24.6 Å². The highest BCUT2D eigenvalue weighted by molar-refractivity contribution is 7.10. The highest BCUT2D eigenvalue weighted by Crippen LogP contribution is 2.20. The SMILES string of the molecule is OCC1COCCN1Cc1nnsc1Cl. The molecule has 0 bridgehead atoms. The number of rotatable bonds is 3. The molecule has 1 atom stereocenters. The first-order valence-corrected chi connectivity index (χ1v) is 5.85. The van der Waals surface area contributed by atoms with Gasteiger partial charge in [0.05, 0.1) is 25.9 Å². The molecule has 0 saturated carbocycles. The zero-order valence-electron chi connectivity index (χ0n) is 8.10. The van der Waals surface area contributed by atoms with Crippen LogP contribution in [-0.4, -0.2) is 52.0 Å². The molecular weight excluding hydrogens is 238 g/mol. The predicted molar refractivity (Wildman–Crippen MR) is 57.0 cm³/mol. The van der Waals surface area contributed by atoms with Crippen LogP contribution in [0.5, 0.6) is 0 Å². The van der Waals surface area contributed by atoms with E-state index in [4.69, 9.17) is 16.3 Å². The van der Waals surface area contributed by atoms with Crippen molar-refractivity contribution in [3.05, 3.63) is 10.0 Å². The Bertz CT molecular complexity index is 323. The summed E-state index contributed by atoms with van der Waals surface area (Å²) in [6.45, 7) is 2.76. The fourth-order valence-electron chi connectivity index (χ4n) is 1.55. The van der Waals surface area contributed by atoms with E-state index in [-0.39, 0.29) is 12.6 Å². The third-order valence-electron chi connectivity index (χ3n) is 2.42. The normalized spacial score (nSPS) is 23.2. The van der Waals surface area contributed by atoms with Gasteiger partial charge in [-0.3, -0.25) is 4.90 Å². The van der Waals surface area contributed by atoms with E-state index in [1.807, 2.05) is 0 Å². The smallest absolute Gasteiger partial charge is 0.138 e. The number of morpholine rings is 1. The Kier molecular flexibility index (Phi) is 3.87. The Morgan fingerprint density at radius 2 is 2.53 bits per heavy atom. The van der Waals surface area contributed by atoms with Crippen LogP contribution in [0.1, 0.15) is 5.69 Å². The third kappa shape index (κ3) is 2.64. The van der Waals surface area contributed by atoms with Crippen LogP contribution in [0.4, 0.5) is 0 Å². The Morgan fingerprint density at radius 3 is 3.20 bits per heavy atom. The second kappa shape index (κ2) is 5.18. The summed E-state index contributed by atoms with van der Waals surface area (Å²) in [6.07, 6.45) is 0. The minimum atomic E-state index is 0.0384. The average molecular weight is 250 g/mol. The standard InChI is InChI=1S/C8H12ClN3O2S/c9-8-7(10-11-15-8)3-12-1-2-14-5-6(12)4-13/h6,13H,1-5H2. The maximum atomic E-state index is 9.17. The molecule has 0 amide bonds. The van der Waals surface area contributed by atoms with Crippen molar-refractivity contribution < 1.29 is 9.84 Å². The van der Waals surface area contributed by atoms with Gasteiger partial charge in [0.2, 0.25) is 0 Å². The second-order valence-electron chi connectivity index (χ2n) is 3.38. The fourth-order valence-corrected chi connectivity index (χ4v) is 2.16. The van der Waals surface area contributed by atoms with E-state index in [0.29, 0.717) is 24.1 Å². The largest absolute Gasteiger partial charge is 0.395 e. The molecule has 1 aliphatic rings. The van der Waals surface area contributed by atoms with E-state index in [2.05, 4.69) is 14.5 Å². The van der Waals surface area contributed by atoms with Gasteiger partial charge in [-0.2, -0.15) is 0 Å². The molecule has 5 nitrogen and oxygen atoms in total. The predicted octanol–water partition coefficient (Wildman–Crippen LogP) is 0.385. The number of hydrogen-bond acceptors (Lipinski definition) is 6. The number of halogens is 1. The van der Waals surface area contributed by atoms with E-state index in [1.165, 1.54) is 11.5 Å². The lowest BCUT2D eigenvalue weighted by Crippen LogP contribution is -2.46. The Balaban J connectivity index is 2.00. The lowest BCUT2D eigenvalue weighted by atomic mass is 10.2. The van der Waals surface area contributed by atoms with Crippen LogP contribution in [0.2, 0.25) is 4.34 Å². The molecule has 2 rings (SSSR count). The molecule has 0 radical (unpaired) electrons. The molecule has 15 heavy (non-hydrogen) atoms. The van der Waals surface area contributed by atoms with Crippen molar-refractivity contribution in [2.45, 2.75) is 12.6 Å². The number of aromatic nitrogens is 2. The van der Waals surface area contributed by atoms with Crippen LogP contribution < -0.4 is 0 Å². The van der Waals surface area contributed by atoms with E-state index in [1.54, 1.807) is 0 Å². The quantitative estimate of drug-likeness (QED) is 0.840.